The van der Waals surface area contributed by atoms with Crippen LogP contribution in [0, 0.1) is 5.82 Å². The van der Waals surface area contributed by atoms with E-state index in [2.05, 4.69) is 25.7 Å². The van der Waals surface area contributed by atoms with Crippen molar-refractivity contribution in [1.29, 1.82) is 0 Å². The van der Waals surface area contributed by atoms with E-state index < -0.39 is 6.36 Å². The predicted octanol–water partition coefficient (Wildman–Crippen LogP) is 2.75. The highest BCUT2D eigenvalue weighted by atomic mass is 19.4. The number of aliphatic imine (C=N–C) groups is 1. The highest BCUT2D eigenvalue weighted by Crippen LogP contribution is 2.25. The number of amides is 1. The highest BCUT2D eigenvalue weighted by Gasteiger charge is 2.31. The van der Waals surface area contributed by atoms with Crippen molar-refractivity contribution in [3.05, 3.63) is 65.5 Å². The molecule has 3 N–H and O–H groups in total. The van der Waals surface area contributed by atoms with Crippen molar-refractivity contribution < 1.29 is 27.1 Å². The third-order valence-corrected chi connectivity index (χ3v) is 3.89. The van der Waals surface area contributed by atoms with E-state index in [9.17, 15) is 22.4 Å². The van der Waals surface area contributed by atoms with Crippen molar-refractivity contribution in [2.45, 2.75) is 19.3 Å². The van der Waals surface area contributed by atoms with Gasteiger partial charge in [0.15, 0.2) is 5.96 Å². The van der Waals surface area contributed by atoms with Gasteiger partial charge in [0.1, 0.15) is 11.6 Å². The van der Waals surface area contributed by atoms with Gasteiger partial charge in [-0.15, -0.1) is 13.2 Å². The quantitative estimate of drug-likeness (QED) is 0.263. The van der Waals surface area contributed by atoms with E-state index in [1.165, 1.54) is 37.4 Å². The van der Waals surface area contributed by atoms with Crippen LogP contribution in [0.1, 0.15) is 11.1 Å². The zero-order valence-electron chi connectivity index (χ0n) is 16.2. The molecule has 0 aliphatic rings. The molecule has 0 heterocycles. The number of hydrogen-bond donors (Lipinski definition) is 3. The molecule has 162 valence electrons. The number of halogens is 4. The Morgan fingerprint density at radius 1 is 1.00 bits per heavy atom. The van der Waals surface area contributed by atoms with Gasteiger partial charge in [0.05, 0.1) is 6.42 Å². The Bertz CT molecular complexity index is 855. The molecule has 0 bridgehead atoms. The van der Waals surface area contributed by atoms with Crippen LogP contribution in [0.15, 0.2) is 53.5 Å². The molecule has 2 aromatic rings. The van der Waals surface area contributed by atoms with Crippen molar-refractivity contribution >= 4 is 11.9 Å². The summed E-state index contributed by atoms with van der Waals surface area (Å²) in [4.78, 5) is 15.9. The van der Waals surface area contributed by atoms with Gasteiger partial charge < -0.3 is 20.7 Å². The Morgan fingerprint density at radius 2 is 1.67 bits per heavy atom. The lowest BCUT2D eigenvalue weighted by atomic mass is 10.1. The maximum atomic E-state index is 12.9. The summed E-state index contributed by atoms with van der Waals surface area (Å²) in [6.45, 7) is 0.701. The molecule has 0 spiro atoms. The minimum absolute atomic E-state index is 0.0584. The number of guanidine groups is 1. The third-order valence-electron chi connectivity index (χ3n) is 3.89. The SMILES string of the molecule is CN=C(NCCNC(=O)Cc1ccc(F)cc1)NCc1ccccc1OC(F)(F)F. The summed E-state index contributed by atoms with van der Waals surface area (Å²) in [5.74, 6) is -0.523. The van der Waals surface area contributed by atoms with E-state index in [-0.39, 0.29) is 30.4 Å². The summed E-state index contributed by atoms with van der Waals surface area (Å²) in [5, 5.41) is 8.54. The van der Waals surface area contributed by atoms with Gasteiger partial charge in [-0.3, -0.25) is 9.79 Å². The van der Waals surface area contributed by atoms with Crippen LogP contribution < -0.4 is 20.7 Å². The monoisotopic (exact) mass is 426 g/mol. The summed E-state index contributed by atoms with van der Waals surface area (Å²) >= 11 is 0. The number of carbonyl (C=O) groups excluding carboxylic acids is 1. The third kappa shape index (κ3) is 8.38. The standard InChI is InChI=1S/C20H22F4N4O2/c1-25-19(28-13-15-4-2-3-5-17(15)30-20(22,23)24)27-11-10-26-18(29)12-14-6-8-16(21)9-7-14/h2-9H,10-13H2,1H3,(H,26,29)(H2,25,27,28). The first-order valence-electron chi connectivity index (χ1n) is 9.06. The lowest BCUT2D eigenvalue weighted by Crippen LogP contribution is -2.41. The highest BCUT2D eigenvalue weighted by molar-refractivity contribution is 5.80. The first kappa shape index (κ1) is 23.0. The van der Waals surface area contributed by atoms with E-state index in [0.717, 1.165) is 0 Å². The number of ether oxygens (including phenoxy) is 1. The van der Waals surface area contributed by atoms with Crippen LogP contribution in [-0.2, 0) is 17.8 Å². The Morgan fingerprint density at radius 3 is 2.33 bits per heavy atom. The molecule has 0 aromatic heterocycles. The topological polar surface area (TPSA) is 74.8 Å². The van der Waals surface area contributed by atoms with Crippen molar-refractivity contribution in [2.75, 3.05) is 20.1 Å². The van der Waals surface area contributed by atoms with Gasteiger partial charge >= 0.3 is 6.36 Å². The molecule has 6 nitrogen and oxygen atoms in total. The van der Waals surface area contributed by atoms with Crippen LogP contribution >= 0.6 is 0 Å². The van der Waals surface area contributed by atoms with E-state index in [1.54, 1.807) is 18.2 Å². The second-order valence-corrected chi connectivity index (χ2v) is 6.16. The number of alkyl halides is 3. The zero-order valence-corrected chi connectivity index (χ0v) is 16.2. The molecule has 0 saturated carbocycles. The van der Waals surface area contributed by atoms with Crippen LogP contribution in [-0.4, -0.2) is 38.4 Å². The summed E-state index contributed by atoms with van der Waals surface area (Å²) in [5.41, 5.74) is 1.00. The molecular weight excluding hydrogens is 404 g/mol. The molecule has 30 heavy (non-hydrogen) atoms. The average molecular weight is 426 g/mol. The fraction of sp³-hybridized carbons (Fsp3) is 0.300. The lowest BCUT2D eigenvalue weighted by molar-refractivity contribution is -0.274. The molecular formula is C20H22F4N4O2. The molecule has 0 unspecified atom stereocenters. The number of nitrogens with one attached hydrogen (secondary N) is 3. The molecule has 0 radical (unpaired) electrons. The number of rotatable bonds is 8. The Hall–Kier alpha value is -3.30. The van der Waals surface area contributed by atoms with Crippen LogP contribution in [0.5, 0.6) is 5.75 Å². The summed E-state index contributed by atoms with van der Waals surface area (Å²) in [6, 6.07) is 11.5. The number of nitrogens with zero attached hydrogens (tertiary/aromatic N) is 1. The van der Waals surface area contributed by atoms with E-state index in [4.69, 9.17) is 0 Å². The van der Waals surface area contributed by atoms with Crippen LogP contribution in [0.2, 0.25) is 0 Å². The minimum atomic E-state index is -4.78. The van der Waals surface area contributed by atoms with Crippen molar-refractivity contribution in [3.8, 4) is 5.75 Å². The second kappa shape index (κ2) is 11.0. The molecule has 0 atom stereocenters. The van der Waals surface area contributed by atoms with Gasteiger partial charge in [0.25, 0.3) is 0 Å². The summed E-state index contributed by atoms with van der Waals surface area (Å²) < 4.78 is 54.3. The van der Waals surface area contributed by atoms with Gasteiger partial charge in [-0.25, -0.2) is 4.39 Å². The molecule has 2 rings (SSSR count). The Balaban J connectivity index is 1.74. The zero-order chi connectivity index (χ0) is 22.0. The predicted molar refractivity (Wildman–Crippen MR) is 104 cm³/mol. The summed E-state index contributed by atoms with van der Waals surface area (Å²) in [7, 11) is 1.51. The molecule has 10 heteroatoms. The lowest BCUT2D eigenvalue weighted by Gasteiger charge is -2.15. The van der Waals surface area contributed by atoms with Gasteiger partial charge in [-0.1, -0.05) is 30.3 Å². The first-order valence-corrected chi connectivity index (χ1v) is 9.06. The number of hydrogen-bond acceptors (Lipinski definition) is 3. The maximum Gasteiger partial charge on any atom is 0.573 e. The molecule has 0 aliphatic carbocycles. The molecule has 2 aromatic carbocycles. The van der Waals surface area contributed by atoms with Crippen molar-refractivity contribution in [2.24, 2.45) is 4.99 Å². The average Bonchev–Trinajstić information content (AvgIpc) is 2.69. The van der Waals surface area contributed by atoms with Crippen LogP contribution in [0.4, 0.5) is 17.6 Å². The number of para-hydroxylation sites is 1. The Labute approximate surface area is 171 Å². The first-order chi connectivity index (χ1) is 14.3. The normalized spacial score (nSPS) is 11.7. The van der Waals surface area contributed by atoms with E-state index in [0.29, 0.717) is 30.2 Å². The Kier molecular flexibility index (Phi) is 8.45. The van der Waals surface area contributed by atoms with E-state index in [1.807, 2.05) is 0 Å². The van der Waals surface area contributed by atoms with E-state index >= 15 is 0 Å². The van der Waals surface area contributed by atoms with Crippen LogP contribution in [0.25, 0.3) is 0 Å². The van der Waals surface area contributed by atoms with Gasteiger partial charge in [-0.05, 0) is 23.8 Å². The molecule has 0 saturated heterocycles. The van der Waals surface area contributed by atoms with Gasteiger partial charge in [0, 0.05) is 32.2 Å². The smallest absolute Gasteiger partial charge is 0.405 e. The number of benzene rings is 2. The van der Waals surface area contributed by atoms with Crippen molar-refractivity contribution in [1.82, 2.24) is 16.0 Å². The van der Waals surface area contributed by atoms with Crippen molar-refractivity contribution in [3.63, 3.8) is 0 Å². The molecule has 0 aliphatic heterocycles. The van der Waals surface area contributed by atoms with Gasteiger partial charge in [-0.2, -0.15) is 0 Å². The fourth-order valence-corrected chi connectivity index (χ4v) is 2.51. The fourth-order valence-electron chi connectivity index (χ4n) is 2.51. The minimum Gasteiger partial charge on any atom is -0.405 e. The molecule has 0 fully saturated rings. The second-order valence-electron chi connectivity index (χ2n) is 6.16. The van der Waals surface area contributed by atoms with Crippen LogP contribution in [0.3, 0.4) is 0 Å². The molecule has 1 amide bonds. The maximum absolute atomic E-state index is 12.9. The number of carbonyl (C=O) groups is 1. The summed E-state index contributed by atoms with van der Waals surface area (Å²) in [6.07, 6.45) is -4.65. The van der Waals surface area contributed by atoms with Gasteiger partial charge in [0.2, 0.25) is 5.91 Å². The largest absolute Gasteiger partial charge is 0.573 e.